The molecule has 2 fully saturated rings. The van der Waals surface area contributed by atoms with Gasteiger partial charge in [-0.25, -0.2) is 0 Å². The van der Waals surface area contributed by atoms with Gasteiger partial charge in [-0.2, -0.15) is 0 Å². The zero-order valence-corrected chi connectivity index (χ0v) is 12.0. The molecule has 0 aromatic rings. The lowest BCUT2D eigenvalue weighted by Gasteiger charge is -2.32. The van der Waals surface area contributed by atoms with Crippen molar-refractivity contribution in [1.29, 1.82) is 0 Å². The number of carbonyl (C=O) groups excluding carboxylic acids is 1. The lowest BCUT2D eigenvalue weighted by atomic mass is 9.91. The fourth-order valence-corrected chi connectivity index (χ4v) is 3.03. The predicted molar refractivity (Wildman–Crippen MR) is 72.5 cm³/mol. The number of carbonyl (C=O) groups is 1. The van der Waals surface area contributed by atoms with Crippen LogP contribution in [0.3, 0.4) is 0 Å². The molecule has 2 saturated heterocycles. The Hall–Kier alpha value is -0.280. The van der Waals surface area contributed by atoms with Crippen molar-refractivity contribution in [2.75, 3.05) is 19.6 Å². The summed E-state index contributed by atoms with van der Waals surface area (Å²) in [7, 11) is 0. The maximum atomic E-state index is 12.6. The highest BCUT2D eigenvalue weighted by Crippen LogP contribution is 2.33. The maximum absolute atomic E-state index is 12.6. The summed E-state index contributed by atoms with van der Waals surface area (Å²) in [5.74, 6) is 0.345. The molecule has 2 heterocycles. The van der Waals surface area contributed by atoms with Crippen LogP contribution in [0.15, 0.2) is 0 Å². The Bertz CT molecular complexity index is 285. The normalized spacial score (nSPS) is 31.4. The van der Waals surface area contributed by atoms with E-state index in [0.717, 1.165) is 45.3 Å². The van der Waals surface area contributed by atoms with Gasteiger partial charge in [-0.05, 0) is 37.6 Å². The summed E-state index contributed by atoms with van der Waals surface area (Å²) in [6.45, 7) is 9.49. The van der Waals surface area contributed by atoms with Crippen molar-refractivity contribution >= 4 is 18.3 Å². The SMILES string of the molecule is CCC1(C(=O)N2CCC(C)(C)C2)CCCN1.Cl. The van der Waals surface area contributed by atoms with Gasteiger partial charge in [-0.3, -0.25) is 4.79 Å². The van der Waals surface area contributed by atoms with E-state index in [-0.39, 0.29) is 17.9 Å². The van der Waals surface area contributed by atoms with Gasteiger partial charge in [0, 0.05) is 13.1 Å². The molecule has 0 aromatic heterocycles. The number of amides is 1. The Balaban J connectivity index is 0.00000144. The second-order valence-corrected chi connectivity index (χ2v) is 6.11. The molecule has 0 bridgehead atoms. The highest BCUT2D eigenvalue weighted by atomic mass is 35.5. The zero-order valence-electron chi connectivity index (χ0n) is 11.2. The molecule has 3 nitrogen and oxygen atoms in total. The van der Waals surface area contributed by atoms with Crippen LogP contribution in [-0.4, -0.2) is 36.0 Å². The van der Waals surface area contributed by atoms with E-state index in [1.807, 2.05) is 0 Å². The third kappa shape index (κ3) is 2.76. The average Bonchev–Trinajstić information content (AvgIpc) is 2.84. The van der Waals surface area contributed by atoms with Crippen LogP contribution >= 0.6 is 12.4 Å². The van der Waals surface area contributed by atoms with Crippen molar-refractivity contribution in [2.24, 2.45) is 5.41 Å². The van der Waals surface area contributed by atoms with E-state index in [9.17, 15) is 4.79 Å². The Morgan fingerprint density at radius 2 is 2.06 bits per heavy atom. The molecule has 4 heteroatoms. The predicted octanol–water partition coefficient (Wildman–Crippen LogP) is 2.20. The molecule has 0 spiro atoms. The van der Waals surface area contributed by atoms with Crippen molar-refractivity contribution < 1.29 is 4.79 Å². The molecule has 1 unspecified atom stereocenters. The third-order valence-electron chi connectivity index (χ3n) is 4.22. The van der Waals surface area contributed by atoms with E-state index in [1.165, 1.54) is 0 Å². The highest BCUT2D eigenvalue weighted by molar-refractivity contribution is 5.87. The second-order valence-electron chi connectivity index (χ2n) is 6.11. The van der Waals surface area contributed by atoms with Gasteiger partial charge in [-0.1, -0.05) is 20.8 Å². The molecule has 1 amide bonds. The topological polar surface area (TPSA) is 32.3 Å². The van der Waals surface area contributed by atoms with Gasteiger partial charge in [-0.15, -0.1) is 12.4 Å². The van der Waals surface area contributed by atoms with Gasteiger partial charge in [0.15, 0.2) is 0 Å². The summed E-state index contributed by atoms with van der Waals surface area (Å²) >= 11 is 0. The molecule has 0 aliphatic carbocycles. The average molecular weight is 261 g/mol. The number of hydrogen-bond donors (Lipinski definition) is 1. The molecule has 2 aliphatic rings. The third-order valence-corrected chi connectivity index (χ3v) is 4.22. The van der Waals surface area contributed by atoms with Crippen LogP contribution in [0.25, 0.3) is 0 Å². The molecule has 0 aromatic carbocycles. The minimum atomic E-state index is -0.236. The van der Waals surface area contributed by atoms with E-state index in [1.54, 1.807) is 0 Å². The molecule has 1 N–H and O–H groups in total. The lowest BCUT2D eigenvalue weighted by molar-refractivity contribution is -0.137. The Kier molecular flexibility index (Phi) is 4.48. The van der Waals surface area contributed by atoms with Crippen LogP contribution in [0.5, 0.6) is 0 Å². The minimum absolute atomic E-state index is 0. The minimum Gasteiger partial charge on any atom is -0.341 e. The first-order valence-corrected chi connectivity index (χ1v) is 6.54. The maximum Gasteiger partial charge on any atom is 0.242 e. The van der Waals surface area contributed by atoms with Crippen molar-refractivity contribution in [2.45, 2.75) is 52.0 Å². The summed E-state index contributed by atoms with van der Waals surface area (Å²) in [5, 5.41) is 3.43. The fourth-order valence-electron chi connectivity index (χ4n) is 3.03. The number of rotatable bonds is 2. The van der Waals surface area contributed by atoms with Crippen LogP contribution in [0.4, 0.5) is 0 Å². The molecule has 0 saturated carbocycles. The molecule has 17 heavy (non-hydrogen) atoms. The molecular weight excluding hydrogens is 236 g/mol. The monoisotopic (exact) mass is 260 g/mol. The van der Waals surface area contributed by atoms with Gasteiger partial charge in [0.25, 0.3) is 0 Å². The van der Waals surface area contributed by atoms with Crippen molar-refractivity contribution in [3.63, 3.8) is 0 Å². The summed E-state index contributed by atoms with van der Waals surface area (Å²) in [5.41, 5.74) is 0.0730. The summed E-state index contributed by atoms with van der Waals surface area (Å²) in [6.07, 6.45) is 4.21. The number of hydrogen-bond acceptors (Lipinski definition) is 2. The number of halogens is 1. The molecule has 2 aliphatic heterocycles. The van der Waals surface area contributed by atoms with E-state index in [0.29, 0.717) is 11.3 Å². The molecule has 1 atom stereocenters. The van der Waals surface area contributed by atoms with Crippen LogP contribution < -0.4 is 5.32 Å². The van der Waals surface area contributed by atoms with Crippen LogP contribution in [0, 0.1) is 5.41 Å². The van der Waals surface area contributed by atoms with E-state index >= 15 is 0 Å². The van der Waals surface area contributed by atoms with Gasteiger partial charge >= 0.3 is 0 Å². The van der Waals surface area contributed by atoms with Gasteiger partial charge in [0.05, 0.1) is 5.54 Å². The summed E-state index contributed by atoms with van der Waals surface area (Å²) in [4.78, 5) is 14.6. The smallest absolute Gasteiger partial charge is 0.242 e. The Labute approximate surface area is 111 Å². The van der Waals surface area contributed by atoms with Crippen LogP contribution in [0.2, 0.25) is 0 Å². The summed E-state index contributed by atoms with van der Waals surface area (Å²) < 4.78 is 0. The molecule has 100 valence electrons. The quantitative estimate of drug-likeness (QED) is 0.826. The fraction of sp³-hybridized carbons (Fsp3) is 0.923. The van der Waals surface area contributed by atoms with Crippen LogP contribution in [-0.2, 0) is 4.79 Å². The van der Waals surface area contributed by atoms with Crippen molar-refractivity contribution in [3.05, 3.63) is 0 Å². The number of nitrogens with zero attached hydrogens (tertiary/aromatic N) is 1. The molecular formula is C13H25ClN2O. The number of nitrogens with one attached hydrogen (secondary N) is 1. The lowest BCUT2D eigenvalue weighted by Crippen LogP contribution is -2.54. The highest BCUT2D eigenvalue weighted by Gasteiger charge is 2.44. The zero-order chi connectivity index (χ0) is 11.8. The van der Waals surface area contributed by atoms with Crippen molar-refractivity contribution in [1.82, 2.24) is 10.2 Å². The Morgan fingerprint density at radius 3 is 2.47 bits per heavy atom. The van der Waals surface area contributed by atoms with Gasteiger partial charge < -0.3 is 10.2 Å². The summed E-state index contributed by atoms with van der Waals surface area (Å²) in [6, 6.07) is 0. The standard InChI is InChI=1S/C13H24N2O.ClH/c1-4-13(6-5-8-14-13)11(16)15-9-7-12(2,3)10-15;/h14H,4-10H2,1-3H3;1H. The second kappa shape index (κ2) is 5.15. The largest absolute Gasteiger partial charge is 0.341 e. The van der Waals surface area contributed by atoms with E-state index in [2.05, 4.69) is 31.0 Å². The van der Waals surface area contributed by atoms with Crippen molar-refractivity contribution in [3.8, 4) is 0 Å². The first-order chi connectivity index (χ1) is 7.49. The first-order valence-electron chi connectivity index (χ1n) is 6.54. The van der Waals surface area contributed by atoms with E-state index < -0.39 is 0 Å². The van der Waals surface area contributed by atoms with Crippen LogP contribution in [0.1, 0.15) is 46.5 Å². The Morgan fingerprint density at radius 1 is 1.35 bits per heavy atom. The van der Waals surface area contributed by atoms with Gasteiger partial charge in [0.2, 0.25) is 5.91 Å². The number of likely N-dealkylation sites (tertiary alicyclic amines) is 1. The molecule has 2 rings (SSSR count). The van der Waals surface area contributed by atoms with Gasteiger partial charge in [0.1, 0.15) is 0 Å². The van der Waals surface area contributed by atoms with E-state index in [4.69, 9.17) is 0 Å². The first kappa shape index (κ1) is 14.8. The molecule has 0 radical (unpaired) electrons.